The van der Waals surface area contributed by atoms with Gasteiger partial charge in [-0.25, -0.2) is 0 Å². The lowest BCUT2D eigenvalue weighted by Crippen LogP contribution is -2.66. The highest BCUT2D eigenvalue weighted by Gasteiger charge is 2.46. The van der Waals surface area contributed by atoms with Crippen molar-refractivity contribution in [3.05, 3.63) is 0 Å². The molecule has 5 unspecified atom stereocenters. The third-order valence-corrected chi connectivity index (χ3v) is 5.85. The molecule has 0 radical (unpaired) electrons. The number of fused-ring (bicyclic) bond motifs is 2. The second-order valence-corrected chi connectivity index (χ2v) is 8.41. The van der Waals surface area contributed by atoms with Crippen LogP contribution >= 0.6 is 0 Å². The smallest absolute Gasteiger partial charge is 0.246 e. The van der Waals surface area contributed by atoms with Gasteiger partial charge in [0.05, 0.1) is 0 Å². The number of hydrogen-bond donors (Lipinski definition) is 1. The van der Waals surface area contributed by atoms with Gasteiger partial charge in [-0.05, 0) is 49.4 Å². The SMILES string of the molecule is CC1C(=O)NC(C(C)(C)C)C(=O)N1CC1CC2CCC1C2. The highest BCUT2D eigenvalue weighted by Crippen LogP contribution is 2.48. The summed E-state index contributed by atoms with van der Waals surface area (Å²) < 4.78 is 0. The number of nitrogens with zero attached hydrogens (tertiary/aromatic N) is 1. The lowest BCUT2D eigenvalue weighted by Gasteiger charge is -2.43. The fourth-order valence-corrected chi connectivity index (χ4v) is 4.51. The van der Waals surface area contributed by atoms with E-state index in [1.54, 1.807) is 0 Å². The van der Waals surface area contributed by atoms with Crippen LogP contribution in [0.4, 0.5) is 0 Å². The summed E-state index contributed by atoms with van der Waals surface area (Å²) in [5.74, 6) is 2.38. The normalized spacial score (nSPS) is 39.8. The Hall–Kier alpha value is -1.06. The van der Waals surface area contributed by atoms with E-state index in [9.17, 15) is 9.59 Å². The molecule has 3 rings (SSSR count). The van der Waals surface area contributed by atoms with Gasteiger partial charge >= 0.3 is 0 Å². The van der Waals surface area contributed by atoms with Crippen LogP contribution < -0.4 is 5.32 Å². The fourth-order valence-electron chi connectivity index (χ4n) is 4.51. The largest absolute Gasteiger partial charge is 0.342 e. The molecule has 2 bridgehead atoms. The Balaban J connectivity index is 1.75. The van der Waals surface area contributed by atoms with Gasteiger partial charge in [-0.3, -0.25) is 9.59 Å². The Kier molecular flexibility index (Phi) is 3.53. The van der Waals surface area contributed by atoms with Gasteiger partial charge in [0.2, 0.25) is 11.8 Å². The Morgan fingerprint density at radius 1 is 1.19 bits per heavy atom. The van der Waals surface area contributed by atoms with E-state index in [0.29, 0.717) is 5.92 Å². The Morgan fingerprint density at radius 3 is 2.43 bits per heavy atom. The van der Waals surface area contributed by atoms with Crippen molar-refractivity contribution in [1.82, 2.24) is 10.2 Å². The second-order valence-electron chi connectivity index (χ2n) is 8.41. The highest BCUT2D eigenvalue weighted by atomic mass is 16.2. The molecule has 3 aliphatic rings. The van der Waals surface area contributed by atoms with Crippen molar-refractivity contribution in [2.45, 2.75) is 65.5 Å². The van der Waals surface area contributed by atoms with Crippen LogP contribution in [0.3, 0.4) is 0 Å². The molecule has 1 N–H and O–H groups in total. The van der Waals surface area contributed by atoms with Gasteiger partial charge < -0.3 is 10.2 Å². The molecular formula is C17H28N2O2. The van der Waals surface area contributed by atoms with E-state index >= 15 is 0 Å². The average Bonchev–Trinajstić information content (AvgIpc) is 2.99. The third-order valence-electron chi connectivity index (χ3n) is 5.85. The van der Waals surface area contributed by atoms with E-state index in [-0.39, 0.29) is 29.3 Å². The summed E-state index contributed by atoms with van der Waals surface area (Å²) in [6.07, 6.45) is 5.29. The first-order valence-electron chi connectivity index (χ1n) is 8.38. The van der Waals surface area contributed by atoms with Crippen LogP contribution in [0.2, 0.25) is 0 Å². The number of amides is 2. The van der Waals surface area contributed by atoms with Gasteiger partial charge in [0.15, 0.2) is 0 Å². The number of nitrogens with one attached hydrogen (secondary N) is 1. The van der Waals surface area contributed by atoms with Crippen LogP contribution in [0, 0.1) is 23.2 Å². The summed E-state index contributed by atoms with van der Waals surface area (Å²) in [4.78, 5) is 26.9. The Bertz CT molecular complexity index is 454. The lowest BCUT2D eigenvalue weighted by molar-refractivity contribution is -0.152. The van der Waals surface area contributed by atoms with Crippen LogP contribution in [-0.4, -0.2) is 35.3 Å². The van der Waals surface area contributed by atoms with E-state index in [4.69, 9.17) is 0 Å². The summed E-state index contributed by atoms with van der Waals surface area (Å²) in [6.45, 7) is 8.69. The predicted molar refractivity (Wildman–Crippen MR) is 81.5 cm³/mol. The minimum atomic E-state index is -0.389. The summed E-state index contributed by atoms with van der Waals surface area (Å²) in [5.41, 5.74) is -0.236. The number of piperazine rings is 1. The molecule has 1 saturated heterocycles. The summed E-state index contributed by atoms with van der Waals surface area (Å²) in [5, 5.41) is 2.91. The summed E-state index contributed by atoms with van der Waals surface area (Å²) in [7, 11) is 0. The number of carbonyl (C=O) groups excluding carboxylic acids is 2. The standard InChI is InChI=1S/C17H28N2O2/c1-10-15(20)18-14(17(2,3)4)16(21)19(10)9-13-8-11-5-6-12(13)7-11/h10-14H,5-9H2,1-4H3,(H,18,20). The molecule has 1 heterocycles. The van der Waals surface area contributed by atoms with E-state index < -0.39 is 0 Å². The topological polar surface area (TPSA) is 49.4 Å². The lowest BCUT2D eigenvalue weighted by atomic mass is 9.83. The molecule has 0 aromatic rings. The first kappa shape index (κ1) is 14.9. The minimum absolute atomic E-state index is 0.00215. The van der Waals surface area contributed by atoms with Gasteiger partial charge in [-0.1, -0.05) is 27.2 Å². The molecular weight excluding hydrogens is 264 g/mol. The van der Waals surface area contributed by atoms with Gasteiger partial charge in [0, 0.05) is 6.54 Å². The first-order chi connectivity index (χ1) is 9.77. The number of carbonyl (C=O) groups is 2. The molecule has 2 aliphatic carbocycles. The van der Waals surface area contributed by atoms with Crippen LogP contribution in [0.5, 0.6) is 0 Å². The second kappa shape index (κ2) is 4.99. The summed E-state index contributed by atoms with van der Waals surface area (Å²) >= 11 is 0. The number of hydrogen-bond acceptors (Lipinski definition) is 2. The zero-order valence-corrected chi connectivity index (χ0v) is 13.7. The Labute approximate surface area is 127 Å². The molecule has 4 heteroatoms. The van der Waals surface area contributed by atoms with Crippen molar-refractivity contribution < 1.29 is 9.59 Å². The molecule has 3 fully saturated rings. The monoisotopic (exact) mass is 292 g/mol. The van der Waals surface area contributed by atoms with Crippen molar-refractivity contribution in [1.29, 1.82) is 0 Å². The average molecular weight is 292 g/mol. The third kappa shape index (κ3) is 2.58. The molecule has 5 atom stereocenters. The van der Waals surface area contributed by atoms with Gasteiger partial charge in [-0.2, -0.15) is 0 Å². The number of rotatable bonds is 2. The fraction of sp³-hybridized carbons (Fsp3) is 0.882. The van der Waals surface area contributed by atoms with Gasteiger partial charge in [0.25, 0.3) is 0 Å². The predicted octanol–water partition coefficient (Wildman–Crippen LogP) is 2.18. The maximum atomic E-state index is 12.8. The van der Waals surface area contributed by atoms with E-state index in [2.05, 4.69) is 5.32 Å². The van der Waals surface area contributed by atoms with Crippen molar-refractivity contribution in [3.8, 4) is 0 Å². The zero-order chi connectivity index (χ0) is 15.4. The highest BCUT2D eigenvalue weighted by molar-refractivity contribution is 5.97. The van der Waals surface area contributed by atoms with E-state index in [1.165, 1.54) is 25.7 Å². The first-order valence-corrected chi connectivity index (χ1v) is 8.38. The quantitative estimate of drug-likeness (QED) is 0.848. The Morgan fingerprint density at radius 2 is 1.90 bits per heavy atom. The maximum absolute atomic E-state index is 12.8. The van der Waals surface area contributed by atoms with Gasteiger partial charge in [0.1, 0.15) is 12.1 Å². The molecule has 2 saturated carbocycles. The van der Waals surface area contributed by atoms with Gasteiger partial charge in [-0.15, -0.1) is 0 Å². The van der Waals surface area contributed by atoms with Crippen LogP contribution in [0.1, 0.15) is 53.4 Å². The molecule has 4 nitrogen and oxygen atoms in total. The van der Waals surface area contributed by atoms with Crippen LogP contribution in [0.25, 0.3) is 0 Å². The van der Waals surface area contributed by atoms with E-state index in [0.717, 1.165) is 18.4 Å². The van der Waals surface area contributed by atoms with E-state index in [1.807, 2.05) is 32.6 Å². The van der Waals surface area contributed by atoms with Crippen molar-refractivity contribution >= 4 is 11.8 Å². The molecule has 2 amide bonds. The maximum Gasteiger partial charge on any atom is 0.246 e. The molecule has 1 aliphatic heterocycles. The minimum Gasteiger partial charge on any atom is -0.342 e. The summed E-state index contributed by atoms with van der Waals surface area (Å²) in [6, 6.07) is -0.713. The molecule has 0 aromatic heterocycles. The molecule has 118 valence electrons. The van der Waals surface area contributed by atoms with Crippen LogP contribution in [-0.2, 0) is 9.59 Å². The van der Waals surface area contributed by atoms with Crippen molar-refractivity contribution in [3.63, 3.8) is 0 Å². The molecule has 0 spiro atoms. The van der Waals surface area contributed by atoms with Crippen LogP contribution in [0.15, 0.2) is 0 Å². The van der Waals surface area contributed by atoms with Crippen molar-refractivity contribution in [2.24, 2.45) is 23.2 Å². The molecule has 0 aromatic carbocycles. The zero-order valence-electron chi connectivity index (χ0n) is 13.7. The molecule has 21 heavy (non-hydrogen) atoms. The van der Waals surface area contributed by atoms with Crippen molar-refractivity contribution in [2.75, 3.05) is 6.54 Å².